The smallest absolute Gasteiger partial charge is 0.0850 e. The van der Waals surface area contributed by atoms with Gasteiger partial charge in [-0.05, 0) is 32.1 Å². The van der Waals surface area contributed by atoms with Gasteiger partial charge in [-0.15, -0.1) is 0 Å². The first-order chi connectivity index (χ1) is 5.41. The van der Waals surface area contributed by atoms with E-state index >= 15 is 0 Å². The minimum Gasteiger partial charge on any atom is -0.0885 e. The van der Waals surface area contributed by atoms with Crippen molar-refractivity contribution in [2.75, 3.05) is 0 Å². The van der Waals surface area contributed by atoms with Gasteiger partial charge in [0.1, 0.15) is 0 Å². The highest BCUT2D eigenvalue weighted by Crippen LogP contribution is 2.03. The van der Waals surface area contributed by atoms with E-state index in [-0.39, 0.29) is 0 Å². The summed E-state index contributed by atoms with van der Waals surface area (Å²) in [7, 11) is 0. The van der Waals surface area contributed by atoms with Crippen molar-refractivity contribution in [3.8, 4) is 0 Å². The normalized spacial score (nSPS) is 11.0. The van der Waals surface area contributed by atoms with Crippen LogP contribution in [0.15, 0.2) is 12.2 Å². The molecule has 0 aliphatic rings. The minimum atomic E-state index is 1.10. The van der Waals surface area contributed by atoms with E-state index in [2.05, 4.69) is 26.0 Å². The Morgan fingerprint density at radius 1 is 1.00 bits per heavy atom. The van der Waals surface area contributed by atoms with Crippen molar-refractivity contribution in [1.29, 1.82) is 0 Å². The standard InChI is InChI=1S/C11H21/c1-3-5-7-9-11-10-8-6-4-2/h8,10H,1,3-7,9,11H2,2H3/q+1/b10-8+. The molecule has 0 heterocycles. The number of allylic oxidation sites excluding steroid dienone is 2. The van der Waals surface area contributed by atoms with Crippen LogP contribution in [0.1, 0.15) is 51.9 Å². The molecule has 0 nitrogen and oxygen atoms in total. The first-order valence-corrected chi connectivity index (χ1v) is 4.86. The lowest BCUT2D eigenvalue weighted by atomic mass is 10.1. The molecule has 0 radical (unpaired) electrons. The van der Waals surface area contributed by atoms with E-state index in [4.69, 9.17) is 0 Å². The molecular weight excluding hydrogens is 132 g/mol. The molecule has 0 saturated heterocycles. The molecule has 0 atom stereocenters. The van der Waals surface area contributed by atoms with Gasteiger partial charge in [0.25, 0.3) is 0 Å². The fraction of sp³-hybridized carbons (Fsp3) is 0.727. The topological polar surface area (TPSA) is 0 Å². The Morgan fingerprint density at radius 3 is 2.36 bits per heavy atom. The monoisotopic (exact) mass is 153 g/mol. The van der Waals surface area contributed by atoms with E-state index in [1.807, 2.05) is 0 Å². The molecule has 0 heteroatoms. The first-order valence-electron chi connectivity index (χ1n) is 4.86. The molecule has 0 fully saturated rings. The third-order valence-corrected chi connectivity index (χ3v) is 1.74. The van der Waals surface area contributed by atoms with Gasteiger partial charge in [0.2, 0.25) is 0 Å². The summed E-state index contributed by atoms with van der Waals surface area (Å²) in [5.74, 6) is 0. The van der Waals surface area contributed by atoms with E-state index in [0.29, 0.717) is 0 Å². The zero-order chi connectivity index (χ0) is 8.36. The molecule has 64 valence electrons. The highest BCUT2D eigenvalue weighted by Gasteiger charge is 1.86. The molecule has 0 aromatic heterocycles. The second-order valence-corrected chi connectivity index (χ2v) is 2.96. The second-order valence-electron chi connectivity index (χ2n) is 2.96. The molecule has 0 aromatic rings. The van der Waals surface area contributed by atoms with Gasteiger partial charge in [-0.1, -0.05) is 25.5 Å². The largest absolute Gasteiger partial charge is 0.0885 e. The fourth-order valence-corrected chi connectivity index (χ4v) is 1.02. The van der Waals surface area contributed by atoms with E-state index in [0.717, 1.165) is 6.42 Å². The quantitative estimate of drug-likeness (QED) is 0.293. The Kier molecular flexibility index (Phi) is 9.27. The van der Waals surface area contributed by atoms with Gasteiger partial charge in [0, 0.05) is 0 Å². The highest BCUT2D eigenvalue weighted by molar-refractivity contribution is 4.80. The van der Waals surface area contributed by atoms with Crippen LogP contribution in [0.3, 0.4) is 0 Å². The molecule has 0 rings (SSSR count). The molecule has 0 amide bonds. The Bertz CT molecular complexity index is 82.0. The minimum absolute atomic E-state index is 1.10. The van der Waals surface area contributed by atoms with Crippen LogP contribution in [0, 0.1) is 6.92 Å². The average molecular weight is 153 g/mol. The molecule has 0 aliphatic heterocycles. The van der Waals surface area contributed by atoms with E-state index in [1.165, 1.54) is 38.5 Å². The van der Waals surface area contributed by atoms with Crippen molar-refractivity contribution >= 4 is 0 Å². The van der Waals surface area contributed by atoms with Crippen molar-refractivity contribution in [3.05, 3.63) is 19.1 Å². The number of hydrogen-bond acceptors (Lipinski definition) is 0. The van der Waals surface area contributed by atoms with Crippen molar-refractivity contribution in [2.45, 2.75) is 51.9 Å². The van der Waals surface area contributed by atoms with Gasteiger partial charge in [0.15, 0.2) is 0 Å². The Labute approximate surface area is 71.7 Å². The van der Waals surface area contributed by atoms with Crippen molar-refractivity contribution < 1.29 is 0 Å². The fourth-order valence-electron chi connectivity index (χ4n) is 1.02. The van der Waals surface area contributed by atoms with Crippen molar-refractivity contribution in [3.63, 3.8) is 0 Å². The Hall–Kier alpha value is -0.390. The van der Waals surface area contributed by atoms with Crippen LogP contribution in [0.2, 0.25) is 0 Å². The van der Waals surface area contributed by atoms with Gasteiger partial charge in [-0.2, -0.15) is 0 Å². The number of rotatable bonds is 7. The number of unbranched alkanes of at least 4 members (excludes halogenated alkanes) is 5. The first kappa shape index (κ1) is 10.6. The van der Waals surface area contributed by atoms with Gasteiger partial charge in [-0.25, -0.2) is 0 Å². The van der Waals surface area contributed by atoms with Crippen LogP contribution in [-0.2, 0) is 0 Å². The highest BCUT2D eigenvalue weighted by atomic mass is 13.9. The second kappa shape index (κ2) is 9.61. The third-order valence-electron chi connectivity index (χ3n) is 1.74. The Balaban J connectivity index is 2.89. The predicted molar refractivity (Wildman–Crippen MR) is 52.5 cm³/mol. The summed E-state index contributed by atoms with van der Waals surface area (Å²) in [6.07, 6.45) is 13.5. The van der Waals surface area contributed by atoms with Gasteiger partial charge < -0.3 is 0 Å². The lowest BCUT2D eigenvalue weighted by Crippen LogP contribution is -1.73. The molecule has 0 N–H and O–H groups in total. The molecule has 0 bridgehead atoms. The summed E-state index contributed by atoms with van der Waals surface area (Å²) >= 11 is 0. The van der Waals surface area contributed by atoms with Crippen LogP contribution in [0.25, 0.3) is 0 Å². The van der Waals surface area contributed by atoms with E-state index < -0.39 is 0 Å². The maximum absolute atomic E-state index is 3.81. The maximum Gasteiger partial charge on any atom is 0.0850 e. The lowest BCUT2D eigenvalue weighted by Gasteiger charge is -1.91. The summed E-state index contributed by atoms with van der Waals surface area (Å²) in [6.45, 7) is 6.03. The summed E-state index contributed by atoms with van der Waals surface area (Å²) in [4.78, 5) is 0. The molecular formula is C11H21+. The molecule has 0 aromatic carbocycles. The summed E-state index contributed by atoms with van der Waals surface area (Å²) < 4.78 is 0. The van der Waals surface area contributed by atoms with Gasteiger partial charge in [0.05, 0.1) is 13.3 Å². The molecule has 0 spiro atoms. The number of hydrogen-bond donors (Lipinski definition) is 0. The zero-order valence-electron chi connectivity index (χ0n) is 7.81. The maximum atomic E-state index is 3.81. The predicted octanol–water partition coefficient (Wildman–Crippen LogP) is 4.13. The SMILES string of the molecule is [CH2+]CCCCC/C=C/CCC. The molecule has 11 heavy (non-hydrogen) atoms. The van der Waals surface area contributed by atoms with Crippen LogP contribution in [0.4, 0.5) is 0 Å². The lowest BCUT2D eigenvalue weighted by molar-refractivity contribution is 0.694. The zero-order valence-corrected chi connectivity index (χ0v) is 7.81. The molecule has 0 unspecified atom stereocenters. The van der Waals surface area contributed by atoms with E-state index in [1.54, 1.807) is 0 Å². The van der Waals surface area contributed by atoms with Crippen LogP contribution in [0.5, 0.6) is 0 Å². The third kappa shape index (κ3) is 9.61. The summed E-state index contributed by atoms with van der Waals surface area (Å²) in [5, 5.41) is 0. The van der Waals surface area contributed by atoms with E-state index in [9.17, 15) is 0 Å². The van der Waals surface area contributed by atoms with Crippen LogP contribution < -0.4 is 0 Å². The van der Waals surface area contributed by atoms with Crippen molar-refractivity contribution in [1.82, 2.24) is 0 Å². The summed E-state index contributed by atoms with van der Waals surface area (Å²) in [5.41, 5.74) is 0. The Morgan fingerprint density at radius 2 is 1.73 bits per heavy atom. The van der Waals surface area contributed by atoms with Gasteiger partial charge in [-0.3, -0.25) is 0 Å². The van der Waals surface area contributed by atoms with Crippen LogP contribution >= 0.6 is 0 Å². The molecule has 0 saturated carbocycles. The molecule has 0 aliphatic carbocycles. The van der Waals surface area contributed by atoms with Crippen molar-refractivity contribution in [2.24, 2.45) is 0 Å². The van der Waals surface area contributed by atoms with Gasteiger partial charge >= 0.3 is 0 Å². The van der Waals surface area contributed by atoms with Crippen LogP contribution in [-0.4, -0.2) is 0 Å². The summed E-state index contributed by atoms with van der Waals surface area (Å²) in [6, 6.07) is 0. The average Bonchev–Trinajstić information content (AvgIpc) is 2.03.